The highest BCUT2D eigenvalue weighted by molar-refractivity contribution is 6.04. The van der Waals surface area contributed by atoms with Crippen LogP contribution in [0.25, 0.3) is 21.8 Å². The summed E-state index contributed by atoms with van der Waals surface area (Å²) in [6, 6.07) is 13.6. The Kier molecular flexibility index (Phi) is 5.16. The molecular weight excluding hydrogens is 390 g/mol. The molecule has 2 aromatic heterocycles. The average Bonchev–Trinajstić information content (AvgIpc) is 2.81. The van der Waals surface area contributed by atoms with Crippen LogP contribution in [0.1, 0.15) is 42.9 Å². The first kappa shape index (κ1) is 19.7. The van der Waals surface area contributed by atoms with E-state index in [1.165, 1.54) is 0 Å². The summed E-state index contributed by atoms with van der Waals surface area (Å²) in [5.74, 6) is 0.812. The molecule has 2 heterocycles. The molecule has 1 aliphatic carbocycles. The van der Waals surface area contributed by atoms with Gasteiger partial charge < -0.3 is 9.84 Å². The number of fused-ring (bicyclic) bond motifs is 3. The van der Waals surface area contributed by atoms with Crippen molar-refractivity contribution in [1.29, 1.82) is 0 Å². The lowest BCUT2D eigenvalue weighted by atomic mass is 9.92. The zero-order valence-electron chi connectivity index (χ0n) is 17.5. The highest BCUT2D eigenvalue weighted by Crippen LogP contribution is 2.30. The quantitative estimate of drug-likeness (QED) is 0.510. The third kappa shape index (κ3) is 3.57. The number of ether oxygens (including phenoxy) is 1. The minimum atomic E-state index is -0.511. The summed E-state index contributed by atoms with van der Waals surface area (Å²) in [5, 5.41) is 12.0. The Morgan fingerprint density at radius 1 is 1.06 bits per heavy atom. The van der Waals surface area contributed by atoms with Gasteiger partial charge in [-0.3, -0.25) is 14.3 Å². The van der Waals surface area contributed by atoms with Crippen LogP contribution in [0.5, 0.6) is 5.75 Å². The number of rotatable bonds is 4. The number of aliphatic hydroxyl groups excluding tert-OH is 1. The number of methoxy groups -OCH3 is 1. The van der Waals surface area contributed by atoms with Gasteiger partial charge in [0.05, 0.1) is 36.5 Å². The van der Waals surface area contributed by atoms with Crippen LogP contribution in [0.3, 0.4) is 0 Å². The van der Waals surface area contributed by atoms with Crippen molar-refractivity contribution in [3.05, 3.63) is 76.5 Å². The molecule has 1 aliphatic rings. The van der Waals surface area contributed by atoms with Crippen molar-refractivity contribution in [2.24, 2.45) is 0 Å². The van der Waals surface area contributed by atoms with Crippen LogP contribution < -0.4 is 10.3 Å². The van der Waals surface area contributed by atoms with Crippen molar-refractivity contribution >= 4 is 21.8 Å². The monoisotopic (exact) mass is 415 g/mol. The van der Waals surface area contributed by atoms with Crippen LogP contribution in [-0.4, -0.2) is 32.9 Å². The maximum absolute atomic E-state index is 13.5. The summed E-state index contributed by atoms with van der Waals surface area (Å²) < 4.78 is 6.88. The topological polar surface area (TPSA) is 77.2 Å². The number of benzene rings is 2. The van der Waals surface area contributed by atoms with Crippen molar-refractivity contribution in [1.82, 2.24) is 14.5 Å². The first-order chi connectivity index (χ1) is 15.2. The highest BCUT2D eigenvalue weighted by atomic mass is 16.5. The van der Waals surface area contributed by atoms with Gasteiger partial charge in [-0.05, 0) is 54.7 Å². The first-order valence-electron chi connectivity index (χ1n) is 10.7. The van der Waals surface area contributed by atoms with Gasteiger partial charge >= 0.3 is 0 Å². The second kappa shape index (κ2) is 8.12. The van der Waals surface area contributed by atoms with E-state index in [0.29, 0.717) is 17.3 Å². The molecule has 158 valence electrons. The van der Waals surface area contributed by atoms with E-state index in [9.17, 15) is 9.90 Å². The predicted octanol–water partition coefficient (Wildman–Crippen LogP) is 4.02. The van der Waals surface area contributed by atoms with E-state index in [4.69, 9.17) is 4.74 Å². The summed E-state index contributed by atoms with van der Waals surface area (Å²) in [7, 11) is 1.65. The number of aliphatic hydroxyl groups is 1. The molecule has 2 atom stereocenters. The fourth-order valence-corrected chi connectivity index (χ4v) is 4.67. The molecule has 2 aromatic carbocycles. The van der Waals surface area contributed by atoms with Gasteiger partial charge in [-0.25, -0.2) is 4.98 Å². The molecule has 0 bridgehead atoms. The van der Waals surface area contributed by atoms with Gasteiger partial charge in [0.25, 0.3) is 5.56 Å². The number of aromatic nitrogens is 3. The number of pyridine rings is 1. The first-order valence-corrected chi connectivity index (χ1v) is 10.7. The Morgan fingerprint density at radius 2 is 1.84 bits per heavy atom. The van der Waals surface area contributed by atoms with E-state index in [2.05, 4.69) is 9.97 Å². The lowest BCUT2D eigenvalue weighted by molar-refractivity contribution is 0.0735. The molecule has 5 rings (SSSR count). The minimum Gasteiger partial charge on any atom is -0.497 e. The van der Waals surface area contributed by atoms with Crippen molar-refractivity contribution in [3.63, 3.8) is 0 Å². The second-order valence-corrected chi connectivity index (χ2v) is 8.23. The Hall–Kier alpha value is -3.25. The second-order valence-electron chi connectivity index (χ2n) is 8.23. The van der Waals surface area contributed by atoms with Crippen LogP contribution in [0, 0.1) is 0 Å². The molecule has 0 saturated heterocycles. The molecule has 1 N–H and O–H groups in total. The lowest BCUT2D eigenvalue weighted by Gasteiger charge is -2.29. The predicted molar refractivity (Wildman–Crippen MR) is 121 cm³/mol. The molecule has 0 radical (unpaired) electrons. The Bertz CT molecular complexity index is 1300. The summed E-state index contributed by atoms with van der Waals surface area (Å²) in [6.07, 6.45) is 6.99. The number of hydrogen-bond acceptors (Lipinski definition) is 5. The van der Waals surface area contributed by atoms with E-state index in [-0.39, 0.29) is 11.6 Å². The van der Waals surface area contributed by atoms with Gasteiger partial charge in [-0.1, -0.05) is 31.0 Å². The third-order valence-corrected chi connectivity index (χ3v) is 6.33. The molecule has 6 heteroatoms. The molecule has 0 aliphatic heterocycles. The van der Waals surface area contributed by atoms with E-state index < -0.39 is 6.10 Å². The van der Waals surface area contributed by atoms with Crippen LogP contribution >= 0.6 is 0 Å². The van der Waals surface area contributed by atoms with Crippen molar-refractivity contribution < 1.29 is 9.84 Å². The molecule has 6 nitrogen and oxygen atoms in total. The molecule has 0 spiro atoms. The van der Waals surface area contributed by atoms with E-state index >= 15 is 0 Å². The van der Waals surface area contributed by atoms with Gasteiger partial charge in [-0.2, -0.15) is 0 Å². The van der Waals surface area contributed by atoms with Gasteiger partial charge in [0.2, 0.25) is 0 Å². The Labute approximate surface area is 180 Å². The average molecular weight is 415 g/mol. The van der Waals surface area contributed by atoms with Crippen LogP contribution in [0.2, 0.25) is 0 Å². The molecule has 0 amide bonds. The molecule has 31 heavy (non-hydrogen) atoms. The summed E-state index contributed by atoms with van der Waals surface area (Å²) in [4.78, 5) is 22.7. The minimum absolute atomic E-state index is 0.112. The van der Waals surface area contributed by atoms with Crippen LogP contribution in [-0.2, 0) is 6.42 Å². The molecule has 1 fully saturated rings. The lowest BCUT2D eigenvalue weighted by Crippen LogP contribution is -2.34. The third-order valence-electron chi connectivity index (χ3n) is 6.33. The maximum atomic E-state index is 13.5. The molecule has 0 unspecified atom stereocenters. The Balaban J connectivity index is 1.67. The van der Waals surface area contributed by atoms with E-state index in [1.54, 1.807) is 24.2 Å². The van der Waals surface area contributed by atoms with Gasteiger partial charge in [0.1, 0.15) is 11.3 Å². The summed E-state index contributed by atoms with van der Waals surface area (Å²) >= 11 is 0. The van der Waals surface area contributed by atoms with E-state index in [1.807, 2.05) is 42.5 Å². The van der Waals surface area contributed by atoms with Crippen molar-refractivity contribution in [3.8, 4) is 5.75 Å². The molecular formula is C25H25N3O3. The van der Waals surface area contributed by atoms with Crippen molar-refractivity contribution in [2.75, 3.05) is 7.11 Å². The number of hydrogen-bond donors (Lipinski definition) is 1. The summed E-state index contributed by atoms with van der Waals surface area (Å²) in [6.45, 7) is 0. The number of nitrogens with zero attached hydrogens (tertiary/aromatic N) is 3. The fraction of sp³-hybridized carbons (Fsp3) is 0.320. The van der Waals surface area contributed by atoms with Crippen molar-refractivity contribution in [2.45, 2.75) is 44.2 Å². The van der Waals surface area contributed by atoms with Crippen LogP contribution in [0.4, 0.5) is 0 Å². The van der Waals surface area contributed by atoms with Crippen LogP contribution in [0.15, 0.2) is 59.8 Å². The van der Waals surface area contributed by atoms with Gasteiger partial charge in [0, 0.05) is 11.6 Å². The van der Waals surface area contributed by atoms with Gasteiger partial charge in [-0.15, -0.1) is 0 Å². The smallest absolute Gasteiger partial charge is 0.261 e. The fourth-order valence-electron chi connectivity index (χ4n) is 4.67. The van der Waals surface area contributed by atoms with E-state index in [0.717, 1.165) is 53.5 Å². The summed E-state index contributed by atoms with van der Waals surface area (Å²) in [5.41, 5.74) is 3.39. The molecule has 1 saturated carbocycles. The largest absolute Gasteiger partial charge is 0.497 e. The normalized spacial score (nSPS) is 19.0. The zero-order chi connectivity index (χ0) is 21.4. The maximum Gasteiger partial charge on any atom is 0.261 e. The molecule has 4 aromatic rings. The van der Waals surface area contributed by atoms with Gasteiger partial charge in [0.15, 0.2) is 0 Å². The highest BCUT2D eigenvalue weighted by Gasteiger charge is 2.26. The SMILES string of the molecule is COc1ccc(Cc2cc3c(=O)n([C@H]4CCCC[C@@H]4O)cnc3c3ncccc23)cc1. The zero-order valence-corrected chi connectivity index (χ0v) is 17.5. The standard InChI is InChI=1S/C25H25N3O3/c1-31-18-10-8-16(9-11-18)13-17-14-20-24(23-19(17)5-4-12-26-23)27-15-28(25(20)30)21-6-2-3-7-22(21)29/h4-5,8-12,14-15,21-22,29H,2-3,6-7,13H2,1H3/t21-,22-/m0/s1. The Morgan fingerprint density at radius 3 is 2.61 bits per heavy atom.